The summed E-state index contributed by atoms with van der Waals surface area (Å²) in [5, 5.41) is 13.2. The van der Waals surface area contributed by atoms with Gasteiger partial charge in [0.1, 0.15) is 18.0 Å². The summed E-state index contributed by atoms with van der Waals surface area (Å²) >= 11 is 0. The Bertz CT molecular complexity index is 392. The maximum atomic E-state index is 13.3. The van der Waals surface area contributed by atoms with Crippen LogP contribution in [0.3, 0.4) is 0 Å². The molecule has 0 radical (unpaired) electrons. The third-order valence-electron chi connectivity index (χ3n) is 2.92. The number of ether oxygens (including phenoxy) is 1. The Morgan fingerprint density at radius 3 is 2.71 bits per heavy atom. The van der Waals surface area contributed by atoms with Crippen LogP contribution >= 0.6 is 0 Å². The standard InChI is InChI=1S/C12H15F2NO2/c13-9-1-2-10(14)11(7-9)17-8-12(16)3-5-15-6-4-12/h1-2,7,15-16H,3-6,8H2. The fourth-order valence-corrected chi connectivity index (χ4v) is 1.84. The number of piperidine rings is 1. The molecule has 1 heterocycles. The van der Waals surface area contributed by atoms with E-state index in [1.165, 1.54) is 0 Å². The molecule has 1 aromatic rings. The predicted octanol–water partition coefficient (Wildman–Crippen LogP) is 1.46. The lowest BCUT2D eigenvalue weighted by molar-refractivity contribution is -0.0295. The second-order valence-corrected chi connectivity index (χ2v) is 4.34. The minimum Gasteiger partial charge on any atom is -0.487 e. The van der Waals surface area contributed by atoms with Gasteiger partial charge in [-0.3, -0.25) is 0 Å². The Balaban J connectivity index is 1.99. The first kappa shape index (κ1) is 12.3. The van der Waals surface area contributed by atoms with Gasteiger partial charge in [-0.05, 0) is 38.1 Å². The molecule has 0 aliphatic carbocycles. The monoisotopic (exact) mass is 243 g/mol. The summed E-state index contributed by atoms with van der Waals surface area (Å²) in [7, 11) is 0. The number of hydrogen-bond donors (Lipinski definition) is 2. The van der Waals surface area contributed by atoms with E-state index < -0.39 is 17.2 Å². The summed E-state index contributed by atoms with van der Waals surface area (Å²) in [6.07, 6.45) is 1.09. The van der Waals surface area contributed by atoms with Crippen LogP contribution in [-0.2, 0) is 0 Å². The van der Waals surface area contributed by atoms with Gasteiger partial charge in [-0.15, -0.1) is 0 Å². The zero-order valence-electron chi connectivity index (χ0n) is 9.38. The molecule has 17 heavy (non-hydrogen) atoms. The highest BCUT2D eigenvalue weighted by molar-refractivity contribution is 5.25. The Kier molecular flexibility index (Phi) is 3.59. The van der Waals surface area contributed by atoms with E-state index in [2.05, 4.69) is 5.32 Å². The topological polar surface area (TPSA) is 41.5 Å². The van der Waals surface area contributed by atoms with Gasteiger partial charge in [0.2, 0.25) is 0 Å². The summed E-state index contributed by atoms with van der Waals surface area (Å²) < 4.78 is 31.3. The van der Waals surface area contributed by atoms with Gasteiger partial charge in [0.15, 0.2) is 11.6 Å². The van der Waals surface area contributed by atoms with Crippen molar-refractivity contribution >= 4 is 0 Å². The second kappa shape index (κ2) is 4.98. The van der Waals surface area contributed by atoms with Gasteiger partial charge in [0.05, 0.1) is 0 Å². The van der Waals surface area contributed by atoms with E-state index in [1.54, 1.807) is 0 Å². The Labute approximate surface area is 98.4 Å². The predicted molar refractivity (Wildman–Crippen MR) is 58.9 cm³/mol. The van der Waals surface area contributed by atoms with E-state index >= 15 is 0 Å². The molecule has 5 heteroatoms. The third kappa shape index (κ3) is 3.14. The Morgan fingerprint density at radius 2 is 2.00 bits per heavy atom. The zero-order chi connectivity index (χ0) is 12.3. The second-order valence-electron chi connectivity index (χ2n) is 4.34. The van der Waals surface area contributed by atoms with Gasteiger partial charge in [0.25, 0.3) is 0 Å². The molecule has 0 aromatic heterocycles. The van der Waals surface area contributed by atoms with Crippen LogP contribution in [0, 0.1) is 11.6 Å². The van der Waals surface area contributed by atoms with Crippen molar-refractivity contribution in [2.45, 2.75) is 18.4 Å². The van der Waals surface area contributed by atoms with Crippen molar-refractivity contribution in [3.05, 3.63) is 29.8 Å². The quantitative estimate of drug-likeness (QED) is 0.844. The van der Waals surface area contributed by atoms with Gasteiger partial charge in [-0.1, -0.05) is 0 Å². The molecule has 1 aliphatic heterocycles. The molecule has 0 spiro atoms. The Morgan fingerprint density at radius 1 is 1.29 bits per heavy atom. The summed E-state index contributed by atoms with van der Waals surface area (Å²) in [4.78, 5) is 0. The number of hydrogen-bond acceptors (Lipinski definition) is 3. The van der Waals surface area contributed by atoms with E-state index in [1.807, 2.05) is 0 Å². The molecule has 1 fully saturated rings. The van der Waals surface area contributed by atoms with E-state index in [0.717, 1.165) is 18.2 Å². The number of aliphatic hydroxyl groups is 1. The van der Waals surface area contributed by atoms with Crippen LogP contribution in [0.1, 0.15) is 12.8 Å². The van der Waals surface area contributed by atoms with Crippen molar-refractivity contribution in [2.75, 3.05) is 19.7 Å². The maximum absolute atomic E-state index is 13.3. The van der Waals surface area contributed by atoms with Gasteiger partial charge in [0, 0.05) is 6.07 Å². The van der Waals surface area contributed by atoms with Crippen LogP contribution in [-0.4, -0.2) is 30.4 Å². The summed E-state index contributed by atoms with van der Waals surface area (Å²) in [6.45, 7) is 1.38. The smallest absolute Gasteiger partial charge is 0.165 e. The van der Waals surface area contributed by atoms with Crippen molar-refractivity contribution < 1.29 is 18.6 Å². The average Bonchev–Trinajstić information content (AvgIpc) is 2.31. The molecule has 94 valence electrons. The molecule has 3 nitrogen and oxygen atoms in total. The first-order valence-corrected chi connectivity index (χ1v) is 5.60. The highest BCUT2D eigenvalue weighted by Crippen LogP contribution is 2.23. The van der Waals surface area contributed by atoms with Crippen molar-refractivity contribution in [3.63, 3.8) is 0 Å². The third-order valence-corrected chi connectivity index (χ3v) is 2.92. The molecule has 1 saturated heterocycles. The van der Waals surface area contributed by atoms with Crippen LogP contribution in [0.25, 0.3) is 0 Å². The van der Waals surface area contributed by atoms with Crippen molar-refractivity contribution in [1.82, 2.24) is 5.32 Å². The van der Waals surface area contributed by atoms with E-state index in [4.69, 9.17) is 4.74 Å². The van der Waals surface area contributed by atoms with Gasteiger partial charge < -0.3 is 15.2 Å². The molecule has 0 atom stereocenters. The van der Waals surface area contributed by atoms with E-state index in [-0.39, 0.29) is 12.4 Å². The SMILES string of the molecule is OC1(COc2cc(F)ccc2F)CCNCC1. The fourth-order valence-electron chi connectivity index (χ4n) is 1.84. The molecule has 1 aromatic carbocycles. The molecular formula is C12H15F2NO2. The van der Waals surface area contributed by atoms with Gasteiger partial charge in [-0.2, -0.15) is 0 Å². The highest BCUT2D eigenvalue weighted by Gasteiger charge is 2.30. The van der Waals surface area contributed by atoms with Crippen LogP contribution in [0.15, 0.2) is 18.2 Å². The lowest BCUT2D eigenvalue weighted by atomic mass is 9.93. The normalized spacial score (nSPS) is 19.0. The van der Waals surface area contributed by atoms with Crippen LogP contribution in [0.4, 0.5) is 8.78 Å². The minimum atomic E-state index is -0.954. The molecule has 2 rings (SSSR count). The lowest BCUT2D eigenvalue weighted by Crippen LogP contribution is -2.46. The molecular weight excluding hydrogens is 228 g/mol. The van der Waals surface area contributed by atoms with Crippen LogP contribution in [0.2, 0.25) is 0 Å². The minimum absolute atomic E-state index is 0.0188. The fraction of sp³-hybridized carbons (Fsp3) is 0.500. The van der Waals surface area contributed by atoms with Crippen LogP contribution < -0.4 is 10.1 Å². The van der Waals surface area contributed by atoms with Crippen molar-refractivity contribution in [2.24, 2.45) is 0 Å². The molecule has 0 unspecified atom stereocenters. The average molecular weight is 243 g/mol. The van der Waals surface area contributed by atoms with Gasteiger partial charge >= 0.3 is 0 Å². The Hall–Kier alpha value is -1.20. The highest BCUT2D eigenvalue weighted by atomic mass is 19.1. The summed E-state index contributed by atoms with van der Waals surface area (Å²) in [6, 6.07) is 3.03. The van der Waals surface area contributed by atoms with Gasteiger partial charge in [-0.25, -0.2) is 8.78 Å². The van der Waals surface area contributed by atoms with Crippen LogP contribution in [0.5, 0.6) is 5.75 Å². The molecule has 1 aliphatic rings. The number of nitrogens with one attached hydrogen (secondary N) is 1. The molecule has 0 amide bonds. The largest absolute Gasteiger partial charge is 0.487 e. The lowest BCUT2D eigenvalue weighted by Gasteiger charge is -2.32. The number of halogens is 2. The number of benzene rings is 1. The first-order chi connectivity index (χ1) is 8.09. The van der Waals surface area contributed by atoms with Crippen molar-refractivity contribution in [3.8, 4) is 5.75 Å². The van der Waals surface area contributed by atoms with Crippen molar-refractivity contribution in [1.29, 1.82) is 0 Å². The summed E-state index contributed by atoms with van der Waals surface area (Å²) in [5.74, 6) is -1.33. The number of rotatable bonds is 3. The van der Waals surface area contributed by atoms with E-state index in [0.29, 0.717) is 25.9 Å². The molecule has 2 N–H and O–H groups in total. The maximum Gasteiger partial charge on any atom is 0.165 e. The zero-order valence-corrected chi connectivity index (χ0v) is 9.38. The molecule has 0 saturated carbocycles. The van der Waals surface area contributed by atoms with E-state index in [9.17, 15) is 13.9 Å². The summed E-state index contributed by atoms with van der Waals surface area (Å²) in [5.41, 5.74) is -0.954. The first-order valence-electron chi connectivity index (χ1n) is 5.60. The molecule has 0 bridgehead atoms.